The van der Waals surface area contributed by atoms with E-state index in [2.05, 4.69) is 12.6 Å². The lowest BCUT2D eigenvalue weighted by Gasteiger charge is -2.24. The van der Waals surface area contributed by atoms with Crippen LogP contribution in [0.25, 0.3) is 0 Å². The molecule has 0 spiro atoms. The second-order valence-electron chi connectivity index (χ2n) is 8.63. The van der Waals surface area contributed by atoms with Crippen molar-refractivity contribution in [1.82, 2.24) is 0 Å². The number of rotatable bonds is 23. The highest BCUT2D eigenvalue weighted by Crippen LogP contribution is 2.42. The summed E-state index contributed by atoms with van der Waals surface area (Å²) in [4.78, 5) is 9.57. The van der Waals surface area contributed by atoms with Gasteiger partial charge in [-0.15, -0.1) is 0 Å². The van der Waals surface area contributed by atoms with Gasteiger partial charge in [0.1, 0.15) is 13.2 Å². The molecule has 30 heavy (non-hydrogen) atoms. The predicted molar refractivity (Wildman–Crippen MR) is 126 cm³/mol. The Morgan fingerprint density at radius 2 is 1.10 bits per heavy atom. The highest BCUT2D eigenvalue weighted by molar-refractivity contribution is 7.80. The normalized spacial score (nSPS) is 14.2. The minimum Gasteiger partial charge on any atom is -0.379 e. The topological polar surface area (TPSA) is 74.2 Å². The SMILES string of the molecule is C[N+](C)(C)CCOP(=O)(O)OCCOCCOCCCCCCCCCCCCS. The second kappa shape index (κ2) is 20.0. The largest absolute Gasteiger partial charge is 0.472 e. The van der Waals surface area contributed by atoms with Crippen LogP contribution in [0.5, 0.6) is 0 Å². The Hall–Kier alpha value is 0.340. The molecule has 1 atom stereocenters. The van der Waals surface area contributed by atoms with Crippen molar-refractivity contribution in [2.45, 2.75) is 64.2 Å². The molecular formula is C21H47NO6PS+. The van der Waals surface area contributed by atoms with Crippen LogP contribution in [-0.4, -0.2) is 82.5 Å². The molecule has 0 aromatic carbocycles. The summed E-state index contributed by atoms with van der Waals surface area (Å²) in [5.41, 5.74) is 0. The van der Waals surface area contributed by atoms with Crippen LogP contribution in [0.1, 0.15) is 64.2 Å². The van der Waals surface area contributed by atoms with E-state index in [0.717, 1.165) is 18.8 Å². The smallest absolute Gasteiger partial charge is 0.379 e. The number of unbranched alkanes of at least 4 members (excludes halogenated alkanes) is 9. The second-order valence-corrected chi connectivity index (χ2v) is 10.5. The Balaban J connectivity index is 3.26. The first-order valence-electron chi connectivity index (χ1n) is 11.5. The van der Waals surface area contributed by atoms with E-state index in [1.54, 1.807) is 0 Å². The van der Waals surface area contributed by atoms with Crippen molar-refractivity contribution in [2.75, 3.05) is 73.1 Å². The maximum atomic E-state index is 11.7. The fourth-order valence-corrected chi connectivity index (χ4v) is 3.65. The summed E-state index contributed by atoms with van der Waals surface area (Å²) in [6.07, 6.45) is 12.9. The standard InChI is InChI=1S/C21H46NO6PS/c1-22(2,3)14-16-27-29(23,24)28-20-19-26-18-17-25-15-12-10-8-6-4-5-7-9-11-13-21-30/h4-21H2,1-3H3,(H-,23,24,30)/p+1. The summed E-state index contributed by atoms with van der Waals surface area (Å²) < 4.78 is 33.1. The van der Waals surface area contributed by atoms with Crippen molar-refractivity contribution in [3.8, 4) is 0 Å². The van der Waals surface area contributed by atoms with Gasteiger partial charge in [-0.3, -0.25) is 9.05 Å². The molecule has 1 N–H and O–H groups in total. The quantitative estimate of drug-likeness (QED) is 0.0973. The van der Waals surface area contributed by atoms with Crippen LogP contribution >= 0.6 is 20.5 Å². The average Bonchev–Trinajstić information content (AvgIpc) is 2.65. The van der Waals surface area contributed by atoms with E-state index < -0.39 is 7.82 Å². The summed E-state index contributed by atoms with van der Waals surface area (Å²) in [7, 11) is 1.96. The van der Waals surface area contributed by atoms with Crippen molar-refractivity contribution in [2.24, 2.45) is 0 Å². The zero-order chi connectivity index (χ0) is 22.6. The van der Waals surface area contributed by atoms with E-state index in [-0.39, 0.29) is 19.8 Å². The van der Waals surface area contributed by atoms with Gasteiger partial charge in [-0.05, 0) is 18.6 Å². The van der Waals surface area contributed by atoms with Gasteiger partial charge in [0.2, 0.25) is 0 Å². The molecule has 0 aliphatic heterocycles. The molecule has 0 saturated heterocycles. The number of nitrogens with zero attached hydrogens (tertiary/aromatic N) is 1. The molecule has 7 nitrogen and oxygen atoms in total. The van der Waals surface area contributed by atoms with Crippen LogP contribution in [0.4, 0.5) is 0 Å². The van der Waals surface area contributed by atoms with E-state index in [1.165, 1.54) is 57.8 Å². The maximum Gasteiger partial charge on any atom is 0.472 e. The molecule has 0 fully saturated rings. The molecule has 0 radical (unpaired) electrons. The molecule has 0 aromatic heterocycles. The van der Waals surface area contributed by atoms with Crippen LogP contribution in [-0.2, 0) is 23.1 Å². The number of thiol groups is 1. The summed E-state index contributed by atoms with van der Waals surface area (Å²) in [6, 6.07) is 0. The van der Waals surface area contributed by atoms with Gasteiger partial charge in [-0.2, -0.15) is 12.6 Å². The Kier molecular flexibility index (Phi) is 20.2. The Morgan fingerprint density at radius 1 is 0.667 bits per heavy atom. The van der Waals surface area contributed by atoms with Crippen molar-refractivity contribution < 1.29 is 32.5 Å². The van der Waals surface area contributed by atoms with Crippen LogP contribution in [0.15, 0.2) is 0 Å². The van der Waals surface area contributed by atoms with E-state index >= 15 is 0 Å². The molecule has 0 saturated carbocycles. The first kappa shape index (κ1) is 30.3. The Bertz CT molecular complexity index is 423. The van der Waals surface area contributed by atoms with Gasteiger partial charge in [-0.25, -0.2) is 4.57 Å². The average molecular weight is 473 g/mol. The van der Waals surface area contributed by atoms with E-state index in [1.807, 2.05) is 21.1 Å². The molecule has 0 heterocycles. The predicted octanol–water partition coefficient (Wildman–Crippen LogP) is 4.69. The fraction of sp³-hybridized carbons (Fsp3) is 1.00. The fourth-order valence-electron chi connectivity index (χ4n) is 2.73. The third-order valence-electron chi connectivity index (χ3n) is 4.57. The minimum absolute atomic E-state index is 0.0212. The van der Waals surface area contributed by atoms with E-state index in [4.69, 9.17) is 18.5 Å². The molecule has 0 aliphatic rings. The summed E-state index contributed by atoms with van der Waals surface area (Å²) in [5, 5.41) is 0. The molecule has 0 aromatic rings. The number of hydrogen-bond acceptors (Lipinski definition) is 6. The third-order valence-corrected chi connectivity index (χ3v) is 5.90. The maximum absolute atomic E-state index is 11.7. The van der Waals surface area contributed by atoms with Crippen molar-refractivity contribution in [3.05, 3.63) is 0 Å². The lowest BCUT2D eigenvalue weighted by Crippen LogP contribution is -2.37. The van der Waals surface area contributed by atoms with Gasteiger partial charge in [0.05, 0.1) is 47.6 Å². The van der Waals surface area contributed by atoms with Crippen molar-refractivity contribution >= 4 is 20.5 Å². The van der Waals surface area contributed by atoms with E-state index in [9.17, 15) is 9.46 Å². The first-order valence-corrected chi connectivity index (χ1v) is 13.6. The molecule has 0 bridgehead atoms. The summed E-state index contributed by atoms with van der Waals surface area (Å²) >= 11 is 4.23. The molecular weight excluding hydrogens is 425 g/mol. The number of likely N-dealkylation sites (N-methyl/N-ethyl adjacent to an activating group) is 1. The van der Waals surface area contributed by atoms with E-state index in [0.29, 0.717) is 24.2 Å². The molecule has 0 rings (SSSR count). The number of phosphoric ester groups is 1. The molecule has 182 valence electrons. The van der Waals surface area contributed by atoms with Crippen LogP contribution in [0.3, 0.4) is 0 Å². The summed E-state index contributed by atoms with van der Waals surface area (Å²) in [6.45, 7) is 2.79. The van der Waals surface area contributed by atoms with Gasteiger partial charge < -0.3 is 18.9 Å². The van der Waals surface area contributed by atoms with Gasteiger partial charge >= 0.3 is 7.82 Å². The zero-order valence-electron chi connectivity index (χ0n) is 19.6. The van der Waals surface area contributed by atoms with Crippen molar-refractivity contribution in [3.63, 3.8) is 0 Å². The number of ether oxygens (including phenoxy) is 2. The summed E-state index contributed by atoms with van der Waals surface area (Å²) in [5.74, 6) is 1.02. The monoisotopic (exact) mass is 472 g/mol. The highest BCUT2D eigenvalue weighted by Gasteiger charge is 2.22. The minimum atomic E-state index is -3.99. The van der Waals surface area contributed by atoms with Gasteiger partial charge in [0.15, 0.2) is 0 Å². The Morgan fingerprint density at radius 3 is 1.63 bits per heavy atom. The number of phosphoric acid groups is 1. The molecule has 0 aliphatic carbocycles. The number of quaternary nitrogens is 1. The van der Waals surface area contributed by atoms with Crippen molar-refractivity contribution in [1.29, 1.82) is 0 Å². The Labute approximate surface area is 190 Å². The van der Waals surface area contributed by atoms with Crippen LogP contribution < -0.4 is 0 Å². The van der Waals surface area contributed by atoms with Gasteiger partial charge in [-0.1, -0.05) is 51.4 Å². The van der Waals surface area contributed by atoms with Gasteiger partial charge in [0, 0.05) is 6.61 Å². The molecule has 0 amide bonds. The molecule has 1 unspecified atom stereocenters. The van der Waals surface area contributed by atoms with Crippen LogP contribution in [0.2, 0.25) is 0 Å². The zero-order valence-corrected chi connectivity index (χ0v) is 21.3. The van der Waals surface area contributed by atoms with Crippen LogP contribution in [0, 0.1) is 0 Å². The number of hydrogen-bond donors (Lipinski definition) is 2. The highest BCUT2D eigenvalue weighted by atomic mass is 32.1. The molecule has 9 heteroatoms. The lowest BCUT2D eigenvalue weighted by atomic mass is 10.1. The first-order chi connectivity index (χ1) is 14.3. The van der Waals surface area contributed by atoms with Gasteiger partial charge in [0.25, 0.3) is 0 Å². The third kappa shape index (κ3) is 24.6. The lowest BCUT2D eigenvalue weighted by molar-refractivity contribution is -0.870.